The SMILES string of the molecule is CCCOc1ccc2ccccc2c1CN(C)C(=O)CCc1cc(OC)c(OC)c(OC)c1. The number of methoxy groups -OCH3 is 3. The van der Waals surface area contributed by atoms with Crippen LogP contribution in [-0.4, -0.2) is 45.8 Å². The van der Waals surface area contributed by atoms with E-state index in [1.807, 2.05) is 37.4 Å². The van der Waals surface area contributed by atoms with Gasteiger partial charge < -0.3 is 23.8 Å². The smallest absolute Gasteiger partial charge is 0.222 e. The van der Waals surface area contributed by atoms with Gasteiger partial charge >= 0.3 is 0 Å². The van der Waals surface area contributed by atoms with Crippen molar-refractivity contribution in [2.45, 2.75) is 32.7 Å². The summed E-state index contributed by atoms with van der Waals surface area (Å²) in [5, 5.41) is 2.24. The molecule has 0 aliphatic carbocycles. The summed E-state index contributed by atoms with van der Waals surface area (Å²) < 4.78 is 22.2. The fourth-order valence-electron chi connectivity index (χ4n) is 3.87. The van der Waals surface area contributed by atoms with Crippen LogP contribution in [0.2, 0.25) is 0 Å². The van der Waals surface area contributed by atoms with Crippen molar-refractivity contribution >= 4 is 16.7 Å². The molecular formula is C27H33NO5. The number of hydrogen-bond donors (Lipinski definition) is 0. The van der Waals surface area contributed by atoms with Gasteiger partial charge in [0.05, 0.1) is 27.9 Å². The van der Waals surface area contributed by atoms with Crippen LogP contribution in [0, 0.1) is 0 Å². The Hall–Kier alpha value is -3.41. The second-order valence-corrected chi connectivity index (χ2v) is 7.90. The number of fused-ring (bicyclic) bond motifs is 1. The Morgan fingerprint density at radius 2 is 1.61 bits per heavy atom. The molecule has 0 N–H and O–H groups in total. The number of nitrogens with zero attached hydrogens (tertiary/aromatic N) is 1. The van der Waals surface area contributed by atoms with Crippen molar-refractivity contribution in [1.29, 1.82) is 0 Å². The van der Waals surface area contributed by atoms with Crippen molar-refractivity contribution in [2.75, 3.05) is 35.0 Å². The van der Waals surface area contributed by atoms with Gasteiger partial charge in [-0.1, -0.05) is 37.3 Å². The molecule has 0 aliphatic heterocycles. The molecule has 3 rings (SSSR count). The summed E-state index contributed by atoms with van der Waals surface area (Å²) in [6.45, 7) is 3.21. The molecule has 1 amide bonds. The molecule has 33 heavy (non-hydrogen) atoms. The molecular weight excluding hydrogens is 418 g/mol. The largest absolute Gasteiger partial charge is 0.493 e. The minimum absolute atomic E-state index is 0.0538. The van der Waals surface area contributed by atoms with Gasteiger partial charge in [0.15, 0.2) is 11.5 Å². The maximum absolute atomic E-state index is 13.0. The van der Waals surface area contributed by atoms with E-state index in [2.05, 4.69) is 25.1 Å². The highest BCUT2D eigenvalue weighted by Crippen LogP contribution is 2.38. The Kier molecular flexibility index (Phi) is 8.41. The lowest BCUT2D eigenvalue weighted by molar-refractivity contribution is -0.130. The van der Waals surface area contributed by atoms with Gasteiger partial charge in [0.2, 0.25) is 11.7 Å². The number of carbonyl (C=O) groups excluding carboxylic acids is 1. The topological polar surface area (TPSA) is 57.2 Å². The second kappa shape index (κ2) is 11.5. The average molecular weight is 452 g/mol. The lowest BCUT2D eigenvalue weighted by atomic mass is 10.0. The highest BCUT2D eigenvalue weighted by Gasteiger charge is 2.17. The molecule has 0 unspecified atom stereocenters. The molecule has 176 valence electrons. The third-order valence-electron chi connectivity index (χ3n) is 5.63. The first-order chi connectivity index (χ1) is 16.0. The van der Waals surface area contributed by atoms with E-state index >= 15 is 0 Å². The zero-order valence-corrected chi connectivity index (χ0v) is 20.1. The zero-order valence-electron chi connectivity index (χ0n) is 20.1. The summed E-state index contributed by atoms with van der Waals surface area (Å²) in [5.74, 6) is 2.60. The van der Waals surface area contributed by atoms with Crippen LogP contribution in [0.5, 0.6) is 23.0 Å². The van der Waals surface area contributed by atoms with Crippen molar-refractivity contribution < 1.29 is 23.7 Å². The van der Waals surface area contributed by atoms with Crippen molar-refractivity contribution in [3.63, 3.8) is 0 Å². The fraction of sp³-hybridized carbons (Fsp3) is 0.370. The van der Waals surface area contributed by atoms with E-state index < -0.39 is 0 Å². The Bertz CT molecular complexity index is 1070. The van der Waals surface area contributed by atoms with Crippen LogP contribution in [0.3, 0.4) is 0 Å². The molecule has 0 heterocycles. The monoisotopic (exact) mass is 451 g/mol. The van der Waals surface area contributed by atoms with Crippen molar-refractivity contribution in [2.24, 2.45) is 0 Å². The van der Waals surface area contributed by atoms with Crippen LogP contribution in [-0.2, 0) is 17.8 Å². The molecule has 0 bridgehead atoms. The fourth-order valence-corrected chi connectivity index (χ4v) is 3.87. The van der Waals surface area contributed by atoms with Gasteiger partial charge in [-0.3, -0.25) is 4.79 Å². The number of hydrogen-bond acceptors (Lipinski definition) is 5. The van der Waals surface area contributed by atoms with E-state index in [4.69, 9.17) is 18.9 Å². The van der Waals surface area contributed by atoms with E-state index in [0.29, 0.717) is 43.2 Å². The lowest BCUT2D eigenvalue weighted by Gasteiger charge is -2.21. The Balaban J connectivity index is 1.76. The minimum Gasteiger partial charge on any atom is -0.493 e. The average Bonchev–Trinajstić information content (AvgIpc) is 2.85. The quantitative estimate of drug-likeness (QED) is 0.399. The summed E-state index contributed by atoms with van der Waals surface area (Å²) in [6.07, 6.45) is 1.86. The van der Waals surface area contributed by atoms with Gasteiger partial charge in [0, 0.05) is 25.6 Å². The number of ether oxygens (including phenoxy) is 4. The van der Waals surface area contributed by atoms with Crippen LogP contribution in [0.25, 0.3) is 10.8 Å². The maximum Gasteiger partial charge on any atom is 0.222 e. The van der Waals surface area contributed by atoms with Crippen LogP contribution < -0.4 is 18.9 Å². The molecule has 0 spiro atoms. The summed E-state index contributed by atoms with van der Waals surface area (Å²) in [5.41, 5.74) is 1.98. The van der Waals surface area contributed by atoms with Crippen LogP contribution in [0.1, 0.15) is 30.9 Å². The molecule has 6 nitrogen and oxygen atoms in total. The molecule has 0 radical (unpaired) electrons. The van der Waals surface area contributed by atoms with Gasteiger partial charge in [0.1, 0.15) is 5.75 Å². The van der Waals surface area contributed by atoms with Gasteiger partial charge in [-0.2, -0.15) is 0 Å². The predicted octanol–water partition coefficient (Wildman–Crippen LogP) is 5.25. The molecule has 0 atom stereocenters. The van der Waals surface area contributed by atoms with Gasteiger partial charge in [-0.05, 0) is 47.4 Å². The molecule has 3 aromatic carbocycles. The highest BCUT2D eigenvalue weighted by atomic mass is 16.5. The van der Waals surface area contributed by atoms with Gasteiger partial charge in [0.25, 0.3) is 0 Å². The van der Waals surface area contributed by atoms with Crippen molar-refractivity contribution in [3.05, 3.63) is 59.7 Å². The zero-order chi connectivity index (χ0) is 23.8. The summed E-state index contributed by atoms with van der Waals surface area (Å²) in [6, 6.07) is 16.0. The molecule has 6 heteroatoms. The number of carbonyl (C=O) groups is 1. The Morgan fingerprint density at radius 3 is 2.24 bits per heavy atom. The van der Waals surface area contributed by atoms with Crippen molar-refractivity contribution in [1.82, 2.24) is 4.90 Å². The van der Waals surface area contributed by atoms with E-state index in [9.17, 15) is 4.79 Å². The second-order valence-electron chi connectivity index (χ2n) is 7.90. The normalized spacial score (nSPS) is 10.7. The molecule has 0 saturated heterocycles. The third kappa shape index (κ3) is 5.69. The molecule has 0 saturated carbocycles. The van der Waals surface area contributed by atoms with E-state index in [-0.39, 0.29) is 5.91 Å². The standard InChI is InChI=1S/C27H33NO5/c1-6-15-33-23-13-12-20-9-7-8-10-21(20)22(23)18-28(2)26(29)14-11-19-16-24(30-3)27(32-5)25(17-19)31-4/h7-10,12-13,16-17H,6,11,14-15,18H2,1-5H3. The Labute approximate surface area is 196 Å². The molecule has 3 aromatic rings. The first kappa shape index (κ1) is 24.2. The lowest BCUT2D eigenvalue weighted by Crippen LogP contribution is -2.26. The van der Waals surface area contributed by atoms with E-state index in [1.54, 1.807) is 26.2 Å². The van der Waals surface area contributed by atoms with Gasteiger partial charge in [-0.15, -0.1) is 0 Å². The third-order valence-corrected chi connectivity index (χ3v) is 5.63. The van der Waals surface area contributed by atoms with Crippen LogP contribution in [0.4, 0.5) is 0 Å². The van der Waals surface area contributed by atoms with Crippen LogP contribution in [0.15, 0.2) is 48.5 Å². The first-order valence-corrected chi connectivity index (χ1v) is 11.2. The molecule has 0 aliphatic rings. The highest BCUT2D eigenvalue weighted by molar-refractivity contribution is 5.88. The minimum atomic E-state index is 0.0538. The van der Waals surface area contributed by atoms with E-state index in [0.717, 1.165) is 34.1 Å². The van der Waals surface area contributed by atoms with Crippen molar-refractivity contribution in [3.8, 4) is 23.0 Å². The maximum atomic E-state index is 13.0. The number of aryl methyl sites for hydroxylation is 1. The number of benzene rings is 3. The molecule has 0 aromatic heterocycles. The molecule has 0 fully saturated rings. The summed E-state index contributed by atoms with van der Waals surface area (Å²) >= 11 is 0. The summed E-state index contributed by atoms with van der Waals surface area (Å²) in [7, 11) is 6.58. The van der Waals surface area contributed by atoms with Crippen LogP contribution >= 0.6 is 0 Å². The van der Waals surface area contributed by atoms with Gasteiger partial charge in [-0.25, -0.2) is 0 Å². The Morgan fingerprint density at radius 1 is 0.909 bits per heavy atom. The van der Waals surface area contributed by atoms with E-state index in [1.165, 1.54) is 0 Å². The first-order valence-electron chi connectivity index (χ1n) is 11.2. The number of amides is 1. The predicted molar refractivity (Wildman–Crippen MR) is 131 cm³/mol. The number of rotatable bonds is 11. The summed E-state index contributed by atoms with van der Waals surface area (Å²) in [4.78, 5) is 14.8.